The van der Waals surface area contributed by atoms with Crippen molar-refractivity contribution < 1.29 is 13.6 Å². The third-order valence-corrected chi connectivity index (χ3v) is 2.28. The molecule has 0 spiro atoms. The van der Waals surface area contributed by atoms with Gasteiger partial charge in [-0.3, -0.25) is 4.79 Å². The van der Waals surface area contributed by atoms with E-state index in [0.717, 1.165) is 0 Å². The Morgan fingerprint density at radius 1 is 1.62 bits per heavy atom. The van der Waals surface area contributed by atoms with Crippen molar-refractivity contribution in [1.29, 1.82) is 0 Å². The van der Waals surface area contributed by atoms with Crippen LogP contribution in [0.25, 0.3) is 0 Å². The second kappa shape index (κ2) is 4.22. The van der Waals surface area contributed by atoms with E-state index in [1.165, 1.54) is 0 Å². The van der Waals surface area contributed by atoms with Crippen LogP contribution in [0.3, 0.4) is 0 Å². The van der Waals surface area contributed by atoms with E-state index in [1.54, 1.807) is 0 Å². The summed E-state index contributed by atoms with van der Waals surface area (Å²) >= 11 is 5.33. The van der Waals surface area contributed by atoms with Gasteiger partial charge in [0.2, 0.25) is 11.8 Å². The minimum atomic E-state index is -2.60. The van der Waals surface area contributed by atoms with Crippen molar-refractivity contribution in [3.8, 4) is 0 Å². The molecule has 1 aliphatic carbocycles. The van der Waals surface area contributed by atoms with Crippen LogP contribution in [0.5, 0.6) is 0 Å². The number of amides is 1. The van der Waals surface area contributed by atoms with Crippen molar-refractivity contribution in [2.24, 2.45) is 0 Å². The molecule has 0 aromatic carbocycles. The van der Waals surface area contributed by atoms with Gasteiger partial charge in [0.1, 0.15) is 0 Å². The number of nitrogens with one attached hydrogen (secondary N) is 1. The summed E-state index contributed by atoms with van der Waals surface area (Å²) in [7, 11) is 0. The Balaban J connectivity index is 2.28. The van der Waals surface area contributed by atoms with Crippen molar-refractivity contribution >= 4 is 17.5 Å². The van der Waals surface area contributed by atoms with Gasteiger partial charge in [0, 0.05) is 31.2 Å². The minimum absolute atomic E-state index is 0.126. The number of rotatable bonds is 3. The van der Waals surface area contributed by atoms with Crippen LogP contribution in [-0.4, -0.2) is 23.8 Å². The quantitative estimate of drug-likeness (QED) is 0.710. The summed E-state index contributed by atoms with van der Waals surface area (Å²) in [5, 5.41) is 2.53. The van der Waals surface area contributed by atoms with Crippen LogP contribution >= 0.6 is 11.6 Å². The Hall–Kier alpha value is -0.380. The summed E-state index contributed by atoms with van der Waals surface area (Å²) in [6.07, 6.45) is 0.199. The Morgan fingerprint density at radius 3 is 2.77 bits per heavy atom. The average Bonchev–Trinajstić information content (AvgIpc) is 2.30. The summed E-state index contributed by atoms with van der Waals surface area (Å²) in [4.78, 5) is 11.0. The first kappa shape index (κ1) is 10.7. The van der Waals surface area contributed by atoms with Crippen molar-refractivity contribution in [2.45, 2.75) is 37.6 Å². The molecule has 13 heavy (non-hydrogen) atoms. The van der Waals surface area contributed by atoms with Gasteiger partial charge >= 0.3 is 0 Å². The van der Waals surface area contributed by atoms with Crippen LogP contribution in [0.4, 0.5) is 8.78 Å². The maximum Gasteiger partial charge on any atom is 0.250 e. The van der Waals surface area contributed by atoms with E-state index in [2.05, 4.69) is 5.32 Å². The molecular weight excluding hydrogens is 200 g/mol. The Morgan fingerprint density at radius 2 is 2.31 bits per heavy atom. The number of halogens is 3. The number of alkyl halides is 3. The first-order chi connectivity index (χ1) is 6.03. The zero-order valence-electron chi connectivity index (χ0n) is 7.16. The minimum Gasteiger partial charge on any atom is -0.353 e. The van der Waals surface area contributed by atoms with Crippen LogP contribution in [0.1, 0.15) is 25.7 Å². The number of carbonyl (C=O) groups is 1. The van der Waals surface area contributed by atoms with Crippen LogP contribution in [-0.2, 0) is 4.79 Å². The molecule has 1 rings (SSSR count). The Bertz CT molecular complexity index is 199. The van der Waals surface area contributed by atoms with E-state index in [-0.39, 0.29) is 37.1 Å². The smallest absolute Gasteiger partial charge is 0.250 e. The molecule has 0 aliphatic heterocycles. The zero-order valence-corrected chi connectivity index (χ0v) is 7.91. The third-order valence-electron chi connectivity index (χ3n) is 2.09. The molecule has 0 aromatic rings. The van der Waals surface area contributed by atoms with Crippen molar-refractivity contribution in [3.05, 3.63) is 0 Å². The van der Waals surface area contributed by atoms with Crippen LogP contribution in [0, 0.1) is 0 Å². The first-order valence-electron chi connectivity index (χ1n) is 4.27. The van der Waals surface area contributed by atoms with Gasteiger partial charge in [0.15, 0.2) is 0 Å². The molecule has 1 fully saturated rings. The molecule has 1 N–H and O–H groups in total. The highest BCUT2D eigenvalue weighted by Crippen LogP contribution is 2.34. The predicted octanol–water partition coefficient (Wildman–Crippen LogP) is 1.92. The number of carbonyl (C=O) groups excluding carboxylic acids is 1. The van der Waals surface area contributed by atoms with Crippen LogP contribution < -0.4 is 5.32 Å². The average molecular weight is 212 g/mol. The highest BCUT2D eigenvalue weighted by atomic mass is 35.5. The third kappa shape index (κ3) is 3.46. The molecule has 5 heteroatoms. The molecule has 1 saturated carbocycles. The molecule has 0 bridgehead atoms. The molecule has 0 saturated heterocycles. The van der Waals surface area contributed by atoms with Gasteiger partial charge in [-0.2, -0.15) is 0 Å². The molecule has 0 heterocycles. The topological polar surface area (TPSA) is 29.1 Å². The van der Waals surface area contributed by atoms with Gasteiger partial charge in [-0.25, -0.2) is 8.78 Å². The fraction of sp³-hybridized carbons (Fsp3) is 0.875. The molecular formula is C8H12ClF2NO. The largest absolute Gasteiger partial charge is 0.353 e. The van der Waals surface area contributed by atoms with Gasteiger partial charge in [0.25, 0.3) is 0 Å². The normalized spacial score (nSPS) is 25.9. The van der Waals surface area contributed by atoms with Gasteiger partial charge in [0.05, 0.1) is 0 Å². The fourth-order valence-electron chi connectivity index (χ4n) is 1.46. The molecule has 1 aliphatic rings. The van der Waals surface area contributed by atoms with Gasteiger partial charge in [-0.1, -0.05) is 0 Å². The highest BCUT2D eigenvalue weighted by Gasteiger charge is 2.39. The van der Waals surface area contributed by atoms with Crippen molar-refractivity contribution in [3.63, 3.8) is 0 Å². The molecule has 1 unspecified atom stereocenters. The lowest BCUT2D eigenvalue weighted by molar-refractivity contribution is -0.121. The van der Waals surface area contributed by atoms with Crippen LogP contribution in [0.2, 0.25) is 0 Å². The van der Waals surface area contributed by atoms with Gasteiger partial charge in [-0.05, 0) is 6.42 Å². The maximum absolute atomic E-state index is 12.7. The van der Waals surface area contributed by atoms with Gasteiger partial charge < -0.3 is 5.32 Å². The summed E-state index contributed by atoms with van der Waals surface area (Å²) < 4.78 is 25.3. The Labute approximate surface area is 80.6 Å². The van der Waals surface area contributed by atoms with E-state index in [4.69, 9.17) is 11.6 Å². The predicted molar refractivity (Wildman–Crippen MR) is 46.1 cm³/mol. The SMILES string of the molecule is O=C(CCCl)NC1CCC(F)(F)C1. The first-order valence-corrected chi connectivity index (χ1v) is 4.80. The summed E-state index contributed by atoms with van der Waals surface area (Å²) in [6.45, 7) is 0. The van der Waals surface area contributed by atoms with E-state index >= 15 is 0 Å². The highest BCUT2D eigenvalue weighted by molar-refractivity contribution is 6.18. The molecule has 1 atom stereocenters. The number of hydrogen-bond donors (Lipinski definition) is 1. The van der Waals surface area contributed by atoms with Crippen LogP contribution in [0.15, 0.2) is 0 Å². The van der Waals surface area contributed by atoms with E-state index < -0.39 is 5.92 Å². The summed E-state index contributed by atoms with van der Waals surface area (Å²) in [5.41, 5.74) is 0. The molecule has 0 aromatic heterocycles. The lowest BCUT2D eigenvalue weighted by atomic mass is 10.2. The fourth-order valence-corrected chi connectivity index (χ4v) is 1.63. The standard InChI is InChI=1S/C8H12ClF2NO/c9-4-2-7(13)12-6-1-3-8(10,11)5-6/h6H,1-5H2,(H,12,13). The lowest BCUT2D eigenvalue weighted by Gasteiger charge is -2.12. The summed E-state index contributed by atoms with van der Waals surface area (Å²) in [5.74, 6) is -2.61. The van der Waals surface area contributed by atoms with E-state index in [0.29, 0.717) is 6.42 Å². The zero-order chi connectivity index (χ0) is 9.90. The molecule has 76 valence electrons. The van der Waals surface area contributed by atoms with E-state index in [1.807, 2.05) is 0 Å². The van der Waals surface area contributed by atoms with Crippen molar-refractivity contribution in [1.82, 2.24) is 5.32 Å². The monoisotopic (exact) mass is 211 g/mol. The molecule has 0 radical (unpaired) electrons. The summed E-state index contributed by atoms with van der Waals surface area (Å²) in [6, 6.07) is -0.370. The molecule has 1 amide bonds. The second-order valence-electron chi connectivity index (χ2n) is 3.30. The van der Waals surface area contributed by atoms with Crippen molar-refractivity contribution in [2.75, 3.05) is 5.88 Å². The van der Waals surface area contributed by atoms with E-state index in [9.17, 15) is 13.6 Å². The maximum atomic E-state index is 12.7. The number of hydrogen-bond acceptors (Lipinski definition) is 1. The second-order valence-corrected chi connectivity index (χ2v) is 3.68. The van der Waals surface area contributed by atoms with Gasteiger partial charge in [-0.15, -0.1) is 11.6 Å². The lowest BCUT2D eigenvalue weighted by Crippen LogP contribution is -2.33. The molecule has 2 nitrogen and oxygen atoms in total. The Kier molecular flexibility index (Phi) is 3.47.